The first-order valence-corrected chi connectivity index (χ1v) is 6.52. The number of nitrogens with zero attached hydrogens (tertiary/aromatic N) is 5. The predicted molar refractivity (Wildman–Crippen MR) is 74.1 cm³/mol. The molecule has 1 atom stereocenters. The van der Waals surface area contributed by atoms with Gasteiger partial charge >= 0.3 is 0 Å². The first-order chi connectivity index (χ1) is 9.16. The first-order valence-electron chi connectivity index (χ1n) is 6.09. The molecule has 98 valence electrons. The zero-order chi connectivity index (χ0) is 13.4. The van der Waals surface area contributed by atoms with Crippen LogP contribution in [0.1, 0.15) is 23.9 Å². The molecular weight excluding hydrogens is 262 g/mol. The molecular formula is C13H14ClN5. The summed E-state index contributed by atoms with van der Waals surface area (Å²) in [5.74, 6) is 1.73. The lowest BCUT2D eigenvalue weighted by atomic mass is 10.3. The zero-order valence-corrected chi connectivity index (χ0v) is 11.5. The Morgan fingerprint density at radius 3 is 2.79 bits per heavy atom. The highest BCUT2D eigenvalue weighted by Gasteiger charge is 2.16. The molecule has 1 aromatic carbocycles. The van der Waals surface area contributed by atoms with Crippen LogP contribution in [0.5, 0.6) is 0 Å². The van der Waals surface area contributed by atoms with E-state index in [-0.39, 0.29) is 5.38 Å². The topological polar surface area (TPSA) is 48.5 Å². The average molecular weight is 276 g/mol. The number of imidazole rings is 1. The third-order valence-corrected chi connectivity index (χ3v) is 3.34. The highest BCUT2D eigenvalue weighted by atomic mass is 35.5. The smallest absolute Gasteiger partial charge is 0.152 e. The second-order valence-corrected chi connectivity index (χ2v) is 5.17. The van der Waals surface area contributed by atoms with Gasteiger partial charge in [-0.3, -0.25) is 0 Å². The van der Waals surface area contributed by atoms with Crippen molar-refractivity contribution in [1.82, 2.24) is 24.3 Å². The van der Waals surface area contributed by atoms with Crippen molar-refractivity contribution in [3.8, 4) is 0 Å². The molecule has 1 unspecified atom stereocenters. The molecule has 0 bridgehead atoms. The van der Waals surface area contributed by atoms with E-state index < -0.39 is 0 Å². The normalized spacial score (nSPS) is 13.0. The molecule has 0 aliphatic carbocycles. The lowest BCUT2D eigenvalue weighted by Gasteiger charge is -2.09. The van der Waals surface area contributed by atoms with Gasteiger partial charge in [-0.2, -0.15) is 0 Å². The van der Waals surface area contributed by atoms with E-state index in [0.717, 1.165) is 22.7 Å². The van der Waals surface area contributed by atoms with Crippen molar-refractivity contribution in [1.29, 1.82) is 0 Å². The van der Waals surface area contributed by atoms with Gasteiger partial charge in [0.2, 0.25) is 0 Å². The summed E-state index contributed by atoms with van der Waals surface area (Å²) in [6.45, 7) is 2.54. The summed E-state index contributed by atoms with van der Waals surface area (Å²) in [4.78, 5) is 4.60. The third-order valence-electron chi connectivity index (χ3n) is 3.14. The monoisotopic (exact) mass is 275 g/mol. The fraction of sp³-hybridized carbons (Fsp3) is 0.308. The van der Waals surface area contributed by atoms with Crippen LogP contribution in [0.2, 0.25) is 0 Å². The molecule has 0 spiro atoms. The second kappa shape index (κ2) is 4.66. The van der Waals surface area contributed by atoms with Crippen molar-refractivity contribution in [2.75, 3.05) is 0 Å². The maximum Gasteiger partial charge on any atom is 0.152 e. The van der Waals surface area contributed by atoms with E-state index in [4.69, 9.17) is 11.6 Å². The molecule has 0 aliphatic heterocycles. The Kier molecular flexibility index (Phi) is 2.98. The summed E-state index contributed by atoms with van der Waals surface area (Å²) in [5, 5.41) is 7.87. The summed E-state index contributed by atoms with van der Waals surface area (Å²) < 4.78 is 3.99. The van der Waals surface area contributed by atoms with Crippen LogP contribution in [-0.4, -0.2) is 24.3 Å². The number of aromatic nitrogens is 5. The number of halogens is 1. The molecule has 6 heteroatoms. The Labute approximate surface area is 115 Å². The molecule has 0 amide bonds. The predicted octanol–water partition coefficient (Wildman–Crippen LogP) is 2.51. The van der Waals surface area contributed by atoms with E-state index in [2.05, 4.69) is 19.7 Å². The van der Waals surface area contributed by atoms with E-state index in [1.807, 2.05) is 42.8 Å². The Morgan fingerprint density at radius 2 is 2.11 bits per heavy atom. The van der Waals surface area contributed by atoms with Crippen LogP contribution in [0.25, 0.3) is 11.0 Å². The van der Waals surface area contributed by atoms with Crippen molar-refractivity contribution in [2.24, 2.45) is 7.05 Å². The van der Waals surface area contributed by atoms with Crippen molar-refractivity contribution in [3.63, 3.8) is 0 Å². The van der Waals surface area contributed by atoms with Gasteiger partial charge in [0.15, 0.2) is 5.82 Å². The summed E-state index contributed by atoms with van der Waals surface area (Å²) in [5.41, 5.74) is 2.01. The maximum absolute atomic E-state index is 6.23. The molecule has 0 radical (unpaired) electrons. The van der Waals surface area contributed by atoms with E-state index in [0.29, 0.717) is 6.54 Å². The second-order valence-electron chi connectivity index (χ2n) is 4.52. The minimum absolute atomic E-state index is 0.152. The van der Waals surface area contributed by atoms with Gasteiger partial charge in [-0.1, -0.05) is 12.1 Å². The van der Waals surface area contributed by atoms with E-state index >= 15 is 0 Å². The largest absolute Gasteiger partial charge is 0.319 e. The number of hydrogen-bond donors (Lipinski definition) is 0. The molecule has 0 aliphatic rings. The van der Waals surface area contributed by atoms with Crippen LogP contribution >= 0.6 is 11.6 Å². The zero-order valence-electron chi connectivity index (χ0n) is 10.8. The van der Waals surface area contributed by atoms with Crippen LogP contribution in [0, 0.1) is 0 Å². The minimum Gasteiger partial charge on any atom is -0.319 e. The van der Waals surface area contributed by atoms with Crippen molar-refractivity contribution in [2.45, 2.75) is 18.8 Å². The molecule has 2 heterocycles. The maximum atomic E-state index is 6.23. The highest BCUT2D eigenvalue weighted by Crippen LogP contribution is 2.25. The van der Waals surface area contributed by atoms with Crippen LogP contribution in [0.4, 0.5) is 0 Å². The first kappa shape index (κ1) is 12.2. The van der Waals surface area contributed by atoms with Gasteiger partial charge in [-0.15, -0.1) is 21.8 Å². The van der Waals surface area contributed by atoms with Crippen molar-refractivity contribution < 1.29 is 0 Å². The molecule has 19 heavy (non-hydrogen) atoms. The van der Waals surface area contributed by atoms with E-state index in [1.165, 1.54) is 0 Å². The minimum atomic E-state index is -0.152. The lowest BCUT2D eigenvalue weighted by molar-refractivity contribution is 0.675. The molecule has 0 fully saturated rings. The molecule has 5 nitrogen and oxygen atoms in total. The summed E-state index contributed by atoms with van der Waals surface area (Å²) in [7, 11) is 1.93. The number of alkyl halides is 1. The quantitative estimate of drug-likeness (QED) is 0.690. The van der Waals surface area contributed by atoms with Crippen molar-refractivity contribution >= 4 is 22.6 Å². The number of aryl methyl sites for hydroxylation is 1. The number of fused-ring (bicyclic) bond motifs is 1. The number of benzene rings is 1. The molecule has 3 rings (SSSR count). The van der Waals surface area contributed by atoms with Gasteiger partial charge in [-0.05, 0) is 19.1 Å². The third kappa shape index (κ3) is 2.10. The number of para-hydroxylation sites is 2. The van der Waals surface area contributed by atoms with Crippen LogP contribution in [0.15, 0.2) is 30.6 Å². The summed E-state index contributed by atoms with van der Waals surface area (Å²) in [6, 6.07) is 8.01. The van der Waals surface area contributed by atoms with E-state index in [1.54, 1.807) is 6.33 Å². The van der Waals surface area contributed by atoms with Crippen LogP contribution in [0.3, 0.4) is 0 Å². The Morgan fingerprint density at radius 1 is 1.32 bits per heavy atom. The number of rotatable bonds is 3. The Hall–Kier alpha value is -1.88. The lowest BCUT2D eigenvalue weighted by Crippen LogP contribution is -2.09. The standard InChI is InChI=1S/C13H14ClN5/c1-9(14)13-16-10-5-3-4-6-11(10)19(13)7-12-17-15-8-18(12)2/h3-6,8-9H,7H2,1-2H3. The van der Waals surface area contributed by atoms with Crippen LogP contribution < -0.4 is 0 Å². The SMILES string of the molecule is CC(Cl)c1nc2ccccc2n1Cc1nncn1C. The van der Waals surface area contributed by atoms with Crippen molar-refractivity contribution in [3.05, 3.63) is 42.2 Å². The van der Waals surface area contributed by atoms with Gasteiger partial charge in [0.05, 0.1) is 23.0 Å². The van der Waals surface area contributed by atoms with Crippen LogP contribution in [-0.2, 0) is 13.6 Å². The number of hydrogen-bond acceptors (Lipinski definition) is 3. The molecule has 2 aromatic heterocycles. The van der Waals surface area contributed by atoms with Gasteiger partial charge < -0.3 is 9.13 Å². The molecule has 0 saturated heterocycles. The fourth-order valence-electron chi connectivity index (χ4n) is 2.16. The van der Waals surface area contributed by atoms with Gasteiger partial charge in [0.25, 0.3) is 0 Å². The molecule has 3 aromatic rings. The Balaban J connectivity index is 2.15. The molecule has 0 N–H and O–H groups in total. The summed E-state index contributed by atoms with van der Waals surface area (Å²) in [6.07, 6.45) is 1.69. The fourth-order valence-corrected chi connectivity index (χ4v) is 2.32. The molecule has 0 saturated carbocycles. The van der Waals surface area contributed by atoms with Gasteiger partial charge in [0, 0.05) is 7.05 Å². The van der Waals surface area contributed by atoms with Gasteiger partial charge in [0.1, 0.15) is 12.2 Å². The summed E-state index contributed by atoms with van der Waals surface area (Å²) >= 11 is 6.23. The van der Waals surface area contributed by atoms with E-state index in [9.17, 15) is 0 Å². The average Bonchev–Trinajstić information content (AvgIpc) is 2.95. The Bertz CT molecular complexity index is 713. The van der Waals surface area contributed by atoms with Gasteiger partial charge in [-0.25, -0.2) is 4.98 Å². The highest BCUT2D eigenvalue weighted by molar-refractivity contribution is 6.20.